The van der Waals surface area contributed by atoms with E-state index in [1.165, 1.54) is 0 Å². The molecule has 0 aromatic heterocycles. The predicted octanol–water partition coefficient (Wildman–Crippen LogP) is 3.17. The molecule has 0 heterocycles. The summed E-state index contributed by atoms with van der Waals surface area (Å²) < 4.78 is 6.34. The van der Waals surface area contributed by atoms with Crippen molar-refractivity contribution in [2.24, 2.45) is 5.92 Å². The van der Waals surface area contributed by atoms with E-state index in [9.17, 15) is 5.11 Å². The highest BCUT2D eigenvalue weighted by Gasteiger charge is 2.45. The van der Waals surface area contributed by atoms with Crippen LogP contribution >= 0.6 is 0 Å². The number of aliphatic hydroxyl groups is 2. The Kier molecular flexibility index (Phi) is 8.68. The first-order valence-electron chi connectivity index (χ1n) is 7.61. The Hall–Kier alpha value is -0.343. The Balaban J connectivity index is 4.86. The summed E-state index contributed by atoms with van der Waals surface area (Å²) in [6, 6.07) is 0. The first-order valence-corrected chi connectivity index (χ1v) is 9.75. The van der Waals surface area contributed by atoms with Crippen molar-refractivity contribution in [1.82, 2.24) is 0 Å². The topological polar surface area (TPSA) is 49.7 Å². The van der Waals surface area contributed by atoms with Crippen LogP contribution in [-0.4, -0.2) is 37.8 Å². The smallest absolute Gasteiger partial charge is 0.200 e. The van der Waals surface area contributed by atoms with Crippen LogP contribution < -0.4 is 0 Å². The highest BCUT2D eigenvalue weighted by molar-refractivity contribution is 6.77. The molecule has 0 bridgehead atoms. The second-order valence-electron chi connectivity index (χ2n) is 6.46. The molecule has 0 unspecified atom stereocenters. The van der Waals surface area contributed by atoms with Gasteiger partial charge in [0.05, 0.1) is 12.7 Å². The van der Waals surface area contributed by atoms with Crippen molar-refractivity contribution < 1.29 is 14.6 Å². The number of hydrogen-bond donors (Lipinski definition) is 2. The molecule has 0 aliphatic rings. The molecular formula is C16H32O3Si. The monoisotopic (exact) mass is 300 g/mol. The van der Waals surface area contributed by atoms with E-state index in [4.69, 9.17) is 9.53 Å². The number of hydrogen-bond acceptors (Lipinski definition) is 3. The third-order valence-corrected chi connectivity index (χ3v) is 10.3. The van der Waals surface area contributed by atoms with Gasteiger partial charge in [0.1, 0.15) is 6.61 Å². The Morgan fingerprint density at radius 1 is 0.950 bits per heavy atom. The number of aliphatic hydroxyl groups excluding tert-OH is 2. The zero-order valence-corrected chi connectivity index (χ0v) is 15.1. The molecule has 118 valence electrons. The standard InChI is InChI=1S/C16H32O3Si/c1-12(2)20(13(3)4,14(5)6)19-11-16(18)15(7)9-8-10-17/h12-18H,10-11H2,1-7H3/t15-,16-/m0/s1. The maximum Gasteiger partial charge on any atom is 0.200 e. The van der Waals surface area contributed by atoms with E-state index in [2.05, 4.69) is 53.4 Å². The molecule has 3 nitrogen and oxygen atoms in total. The van der Waals surface area contributed by atoms with Gasteiger partial charge in [0, 0.05) is 5.92 Å². The largest absolute Gasteiger partial charge is 0.413 e. The lowest BCUT2D eigenvalue weighted by atomic mass is 10.1. The zero-order valence-electron chi connectivity index (χ0n) is 14.1. The van der Waals surface area contributed by atoms with Gasteiger partial charge in [-0.2, -0.15) is 0 Å². The van der Waals surface area contributed by atoms with Crippen LogP contribution in [0.25, 0.3) is 0 Å². The van der Waals surface area contributed by atoms with Crippen LogP contribution in [0, 0.1) is 17.8 Å². The molecule has 0 aliphatic carbocycles. The van der Waals surface area contributed by atoms with Gasteiger partial charge < -0.3 is 14.6 Å². The molecule has 0 saturated heterocycles. The Morgan fingerprint density at radius 3 is 1.75 bits per heavy atom. The molecule has 4 heteroatoms. The third kappa shape index (κ3) is 4.89. The van der Waals surface area contributed by atoms with Crippen molar-refractivity contribution in [3.63, 3.8) is 0 Å². The minimum Gasteiger partial charge on any atom is -0.413 e. The summed E-state index contributed by atoms with van der Waals surface area (Å²) in [5, 5.41) is 18.9. The van der Waals surface area contributed by atoms with Gasteiger partial charge in [-0.05, 0) is 23.5 Å². The van der Waals surface area contributed by atoms with Gasteiger partial charge in [-0.25, -0.2) is 0 Å². The first kappa shape index (κ1) is 19.7. The molecule has 0 aromatic carbocycles. The second-order valence-corrected chi connectivity index (χ2v) is 11.9. The normalized spacial score (nSPS) is 15.4. The molecule has 0 radical (unpaired) electrons. The van der Waals surface area contributed by atoms with Gasteiger partial charge in [-0.15, -0.1) is 0 Å². The van der Waals surface area contributed by atoms with Gasteiger partial charge in [-0.1, -0.05) is 53.4 Å². The maximum atomic E-state index is 10.2. The van der Waals surface area contributed by atoms with Gasteiger partial charge >= 0.3 is 0 Å². The van der Waals surface area contributed by atoms with E-state index in [0.717, 1.165) is 0 Å². The molecule has 0 aromatic rings. The molecule has 2 atom stereocenters. The molecule has 0 fully saturated rings. The van der Waals surface area contributed by atoms with E-state index in [1.807, 2.05) is 6.92 Å². The van der Waals surface area contributed by atoms with Gasteiger partial charge in [0.2, 0.25) is 0 Å². The van der Waals surface area contributed by atoms with Crippen LogP contribution in [0.2, 0.25) is 16.6 Å². The molecule has 0 saturated carbocycles. The van der Waals surface area contributed by atoms with E-state index >= 15 is 0 Å². The fourth-order valence-corrected chi connectivity index (χ4v) is 8.64. The molecular weight excluding hydrogens is 268 g/mol. The van der Waals surface area contributed by atoms with Crippen molar-refractivity contribution >= 4 is 8.32 Å². The zero-order chi connectivity index (χ0) is 15.9. The number of rotatable bonds is 7. The SMILES string of the molecule is CC(C)[Si](OC[C@H](O)[C@@H](C)C#CCO)(C(C)C)C(C)C. The second kappa shape index (κ2) is 8.84. The molecule has 0 aliphatic heterocycles. The lowest BCUT2D eigenvalue weighted by molar-refractivity contribution is 0.0737. The summed E-state index contributed by atoms with van der Waals surface area (Å²) in [4.78, 5) is 0. The predicted molar refractivity (Wildman–Crippen MR) is 87.0 cm³/mol. The highest BCUT2D eigenvalue weighted by atomic mass is 28.4. The average Bonchev–Trinajstić information content (AvgIpc) is 2.34. The fourth-order valence-electron chi connectivity index (χ4n) is 3.18. The van der Waals surface area contributed by atoms with Crippen molar-refractivity contribution in [2.75, 3.05) is 13.2 Å². The van der Waals surface area contributed by atoms with E-state index in [0.29, 0.717) is 23.2 Å². The molecule has 20 heavy (non-hydrogen) atoms. The molecule has 2 N–H and O–H groups in total. The van der Waals surface area contributed by atoms with Crippen molar-refractivity contribution in [2.45, 2.75) is 71.2 Å². The van der Waals surface area contributed by atoms with Crippen LogP contribution in [0.1, 0.15) is 48.5 Å². The quantitative estimate of drug-likeness (QED) is 0.561. The Bertz CT molecular complexity index is 307. The van der Waals surface area contributed by atoms with Crippen LogP contribution in [0.5, 0.6) is 0 Å². The minimum atomic E-state index is -1.93. The summed E-state index contributed by atoms with van der Waals surface area (Å²) in [6.07, 6.45) is -0.600. The van der Waals surface area contributed by atoms with Crippen LogP contribution in [-0.2, 0) is 4.43 Å². The Morgan fingerprint density at radius 2 is 1.40 bits per heavy atom. The van der Waals surface area contributed by atoms with Gasteiger partial charge in [-0.3, -0.25) is 0 Å². The van der Waals surface area contributed by atoms with Gasteiger partial charge in [0.25, 0.3) is 0 Å². The minimum absolute atomic E-state index is 0.166. The van der Waals surface area contributed by atoms with Crippen LogP contribution in [0.4, 0.5) is 0 Å². The summed E-state index contributed by atoms with van der Waals surface area (Å²) in [5.74, 6) is 5.26. The van der Waals surface area contributed by atoms with E-state index < -0.39 is 14.4 Å². The van der Waals surface area contributed by atoms with E-state index in [-0.39, 0.29) is 12.5 Å². The molecule has 0 rings (SSSR count). The summed E-state index contributed by atoms with van der Waals surface area (Å²) in [5.41, 5.74) is 1.52. The average molecular weight is 301 g/mol. The summed E-state index contributed by atoms with van der Waals surface area (Å²) >= 11 is 0. The fraction of sp³-hybridized carbons (Fsp3) is 0.875. The van der Waals surface area contributed by atoms with Crippen LogP contribution in [0.15, 0.2) is 0 Å². The lowest BCUT2D eigenvalue weighted by Gasteiger charge is -2.42. The lowest BCUT2D eigenvalue weighted by Crippen LogP contribution is -2.49. The van der Waals surface area contributed by atoms with Crippen molar-refractivity contribution in [3.8, 4) is 11.8 Å². The summed E-state index contributed by atoms with van der Waals surface area (Å²) in [7, 11) is -1.93. The molecule has 0 spiro atoms. The maximum absolute atomic E-state index is 10.2. The van der Waals surface area contributed by atoms with Gasteiger partial charge in [0.15, 0.2) is 8.32 Å². The van der Waals surface area contributed by atoms with Crippen LogP contribution in [0.3, 0.4) is 0 Å². The highest BCUT2D eigenvalue weighted by Crippen LogP contribution is 2.42. The van der Waals surface area contributed by atoms with Crippen molar-refractivity contribution in [3.05, 3.63) is 0 Å². The van der Waals surface area contributed by atoms with E-state index in [1.54, 1.807) is 0 Å². The summed E-state index contributed by atoms with van der Waals surface area (Å²) in [6.45, 7) is 15.4. The Labute approximate surface area is 125 Å². The first-order chi connectivity index (χ1) is 9.20. The van der Waals surface area contributed by atoms with Crippen molar-refractivity contribution in [1.29, 1.82) is 0 Å². The third-order valence-electron chi connectivity index (χ3n) is 4.20. The molecule has 0 amide bonds.